The van der Waals surface area contributed by atoms with Crippen molar-refractivity contribution >= 4 is 22.9 Å². The minimum Gasteiger partial charge on any atom is -0.493 e. The molecule has 1 aliphatic carbocycles. The second-order valence-corrected chi connectivity index (χ2v) is 9.07. The van der Waals surface area contributed by atoms with Crippen LogP contribution in [0.5, 0.6) is 0 Å². The van der Waals surface area contributed by atoms with Crippen LogP contribution >= 0.6 is 0 Å². The maximum absolute atomic E-state index is 14.4. The first-order chi connectivity index (χ1) is 18.5. The van der Waals surface area contributed by atoms with Crippen molar-refractivity contribution in [2.45, 2.75) is 19.8 Å². The summed E-state index contributed by atoms with van der Waals surface area (Å²) < 4.78 is 35.9. The largest absolute Gasteiger partial charge is 0.493 e. The van der Waals surface area contributed by atoms with Crippen LogP contribution in [0.2, 0.25) is 0 Å². The molecule has 0 fully saturated rings. The number of rotatable bonds is 6. The summed E-state index contributed by atoms with van der Waals surface area (Å²) >= 11 is 0. The van der Waals surface area contributed by atoms with Crippen molar-refractivity contribution in [3.63, 3.8) is 0 Å². The highest BCUT2D eigenvalue weighted by Crippen LogP contribution is 2.41. The van der Waals surface area contributed by atoms with E-state index in [2.05, 4.69) is 6.92 Å². The summed E-state index contributed by atoms with van der Waals surface area (Å²) in [6, 6.07) is 23.4. The molecule has 0 radical (unpaired) electrons. The van der Waals surface area contributed by atoms with E-state index in [1.165, 1.54) is 6.07 Å². The van der Waals surface area contributed by atoms with Gasteiger partial charge in [0.15, 0.2) is 23.1 Å². The van der Waals surface area contributed by atoms with Crippen LogP contribution < -0.4 is 0 Å². The van der Waals surface area contributed by atoms with Crippen molar-refractivity contribution in [2.75, 3.05) is 6.61 Å². The Morgan fingerprint density at radius 2 is 1.63 bits per heavy atom. The number of hydrogen-bond donors (Lipinski definition) is 0. The van der Waals surface area contributed by atoms with Crippen LogP contribution in [0.25, 0.3) is 22.5 Å². The Balaban J connectivity index is 1.65. The summed E-state index contributed by atoms with van der Waals surface area (Å²) in [5.41, 5.74) is 5.74. The molecule has 3 aromatic carbocycles. The smallest absolute Gasteiger partial charge is 0.185 e. The molecule has 2 aromatic heterocycles. The second kappa shape index (κ2) is 9.67. The minimum atomic E-state index is -0.946. The lowest BCUT2D eigenvalue weighted by Gasteiger charge is -2.09. The average Bonchev–Trinajstić information content (AvgIpc) is 3.47. The number of fused-ring (bicyclic) bond motifs is 3. The molecule has 5 nitrogen and oxygen atoms in total. The predicted octanol–water partition coefficient (Wildman–Crippen LogP) is 7.34. The van der Waals surface area contributed by atoms with Gasteiger partial charge in [-0.25, -0.2) is 23.3 Å². The van der Waals surface area contributed by atoms with E-state index in [9.17, 15) is 8.78 Å². The van der Waals surface area contributed by atoms with Gasteiger partial charge in [-0.05, 0) is 30.7 Å². The van der Waals surface area contributed by atoms with E-state index < -0.39 is 11.6 Å². The molecule has 0 saturated carbocycles. The fraction of sp³-hybridized carbons (Fsp3) is 0.129. The molecule has 1 unspecified atom stereocenters. The number of hydrogen-bond acceptors (Lipinski definition) is 4. The summed E-state index contributed by atoms with van der Waals surface area (Å²) in [4.78, 5) is 9.77. The van der Waals surface area contributed by atoms with E-state index in [1.807, 2.05) is 73.7 Å². The number of aliphatic imine (C=N–C) groups is 1. The molecule has 1 atom stereocenters. The van der Waals surface area contributed by atoms with Crippen LogP contribution in [0.3, 0.4) is 0 Å². The van der Waals surface area contributed by atoms with Crippen LogP contribution in [0.4, 0.5) is 14.6 Å². The first kappa shape index (κ1) is 23.7. The molecule has 0 amide bonds. The molecule has 0 spiro atoms. The lowest BCUT2D eigenvalue weighted by molar-refractivity contribution is 0.298. The monoisotopic (exact) mass is 506 g/mol. The van der Waals surface area contributed by atoms with Crippen LogP contribution in [0.15, 0.2) is 96.1 Å². The maximum atomic E-state index is 14.4. The summed E-state index contributed by atoms with van der Waals surface area (Å²) in [6.45, 7) is 4.53. The summed E-state index contributed by atoms with van der Waals surface area (Å²) in [5.74, 6) is -0.741. The van der Waals surface area contributed by atoms with Gasteiger partial charge >= 0.3 is 0 Å². The molecule has 6 rings (SSSR count). The summed E-state index contributed by atoms with van der Waals surface area (Å²) in [5, 5.41) is 4.91. The summed E-state index contributed by atoms with van der Waals surface area (Å²) in [7, 11) is 0. The molecule has 5 aromatic rings. The molecule has 7 heteroatoms. The van der Waals surface area contributed by atoms with Gasteiger partial charge in [0.2, 0.25) is 0 Å². The van der Waals surface area contributed by atoms with Gasteiger partial charge in [0.05, 0.1) is 29.1 Å². The average molecular weight is 507 g/mol. The van der Waals surface area contributed by atoms with Crippen LogP contribution in [0.1, 0.15) is 42.1 Å². The highest BCUT2D eigenvalue weighted by Gasteiger charge is 2.29. The topological polar surface area (TPSA) is 51.8 Å². The van der Waals surface area contributed by atoms with Gasteiger partial charge in [-0.3, -0.25) is 0 Å². The van der Waals surface area contributed by atoms with Gasteiger partial charge in [-0.1, -0.05) is 73.7 Å². The molecule has 0 saturated heterocycles. The van der Waals surface area contributed by atoms with Crippen molar-refractivity contribution in [2.24, 2.45) is 4.99 Å². The zero-order valence-electron chi connectivity index (χ0n) is 20.9. The van der Waals surface area contributed by atoms with Gasteiger partial charge in [-0.15, -0.1) is 5.10 Å². The Kier molecular flexibility index (Phi) is 6.04. The van der Waals surface area contributed by atoms with E-state index in [4.69, 9.17) is 19.8 Å². The Labute approximate surface area is 218 Å². The second-order valence-electron chi connectivity index (χ2n) is 9.07. The SMILES string of the molecule is CCOC1=CC(C)c2c1cnc1c(-c3ccc(F)c(F)c3)c(N=C(c3ccccc3)c3ccccc3)nn21. The van der Waals surface area contributed by atoms with E-state index in [1.54, 1.807) is 10.7 Å². The van der Waals surface area contributed by atoms with Gasteiger partial charge in [0, 0.05) is 23.2 Å². The first-order valence-electron chi connectivity index (χ1n) is 12.5. The molecule has 38 heavy (non-hydrogen) atoms. The van der Waals surface area contributed by atoms with Crippen molar-refractivity contribution in [3.05, 3.63) is 125 Å². The molecule has 188 valence electrons. The maximum Gasteiger partial charge on any atom is 0.185 e. The third kappa shape index (κ3) is 4.06. The lowest BCUT2D eigenvalue weighted by atomic mass is 10.0. The molecular weight excluding hydrogens is 482 g/mol. The van der Waals surface area contributed by atoms with Gasteiger partial charge in [-0.2, -0.15) is 0 Å². The summed E-state index contributed by atoms with van der Waals surface area (Å²) in [6.07, 6.45) is 3.79. The third-order valence-electron chi connectivity index (χ3n) is 6.58. The van der Waals surface area contributed by atoms with E-state index in [0.29, 0.717) is 34.9 Å². The van der Waals surface area contributed by atoms with Crippen molar-refractivity contribution in [3.8, 4) is 11.1 Å². The zero-order valence-corrected chi connectivity index (χ0v) is 20.9. The Hall–Kier alpha value is -4.65. The zero-order chi connectivity index (χ0) is 26.2. The number of aromatic nitrogens is 3. The molecule has 2 heterocycles. The number of ether oxygens (including phenoxy) is 1. The fourth-order valence-corrected chi connectivity index (χ4v) is 4.88. The normalized spacial score (nSPS) is 14.3. The van der Waals surface area contributed by atoms with Crippen LogP contribution in [-0.2, 0) is 4.74 Å². The minimum absolute atomic E-state index is 0.00861. The Morgan fingerprint density at radius 3 is 2.26 bits per heavy atom. The quantitative estimate of drug-likeness (QED) is 0.227. The number of nitrogens with zero attached hydrogens (tertiary/aromatic N) is 4. The number of allylic oxidation sites excluding steroid dienone is 1. The number of halogens is 2. The molecular formula is C31H24F2N4O. The number of benzene rings is 3. The molecule has 0 bridgehead atoms. The van der Waals surface area contributed by atoms with Gasteiger partial charge in [0.1, 0.15) is 5.76 Å². The van der Waals surface area contributed by atoms with E-state index >= 15 is 0 Å². The van der Waals surface area contributed by atoms with Gasteiger partial charge in [0.25, 0.3) is 0 Å². The highest BCUT2D eigenvalue weighted by molar-refractivity contribution is 6.14. The Bertz CT molecular complexity index is 1670. The van der Waals surface area contributed by atoms with E-state index in [0.717, 1.165) is 40.3 Å². The van der Waals surface area contributed by atoms with Crippen molar-refractivity contribution < 1.29 is 13.5 Å². The van der Waals surface area contributed by atoms with Crippen molar-refractivity contribution in [1.82, 2.24) is 14.6 Å². The first-order valence-corrected chi connectivity index (χ1v) is 12.5. The highest BCUT2D eigenvalue weighted by atomic mass is 19.2. The lowest BCUT2D eigenvalue weighted by Crippen LogP contribution is -2.04. The van der Waals surface area contributed by atoms with Crippen molar-refractivity contribution in [1.29, 1.82) is 0 Å². The van der Waals surface area contributed by atoms with E-state index in [-0.39, 0.29) is 5.92 Å². The van der Waals surface area contributed by atoms with Crippen LogP contribution in [-0.4, -0.2) is 26.9 Å². The molecule has 0 N–H and O–H groups in total. The standard InChI is InChI=1S/C31H24F2N4O/c1-3-38-26-16-19(2)29-23(26)18-34-31-27(22-14-15-24(32)25(33)17-22)30(36-37(29)31)35-28(20-10-6-4-7-11-20)21-12-8-5-9-13-21/h4-19H,3H2,1-2H3. The molecule has 1 aliphatic rings. The third-order valence-corrected chi connectivity index (χ3v) is 6.58. The molecule has 0 aliphatic heterocycles. The van der Waals surface area contributed by atoms with Gasteiger partial charge < -0.3 is 4.74 Å². The fourth-order valence-electron chi connectivity index (χ4n) is 4.88. The predicted molar refractivity (Wildman–Crippen MR) is 145 cm³/mol. The Morgan fingerprint density at radius 1 is 0.947 bits per heavy atom. The van der Waals surface area contributed by atoms with Crippen LogP contribution in [0, 0.1) is 11.6 Å².